The van der Waals surface area contributed by atoms with E-state index in [0.29, 0.717) is 4.67 Å². The highest BCUT2D eigenvalue weighted by Crippen LogP contribution is 2.20. The summed E-state index contributed by atoms with van der Waals surface area (Å²) in [6.45, 7) is 14.1. The minimum atomic E-state index is -0.756. The molecular weight excluding hydrogens is 348 g/mol. The molecule has 1 heterocycles. The summed E-state index contributed by atoms with van der Waals surface area (Å²) in [5.74, 6) is -0.415. The Balaban J connectivity index is 3.19. The van der Waals surface area contributed by atoms with Crippen molar-refractivity contribution in [2.24, 2.45) is 16.1 Å². The Morgan fingerprint density at radius 2 is 1.85 bits per heavy atom. The molecule has 0 spiro atoms. The Labute approximate surface area is 161 Å². The van der Waals surface area contributed by atoms with Gasteiger partial charge in [-0.1, -0.05) is 34.1 Å². The van der Waals surface area contributed by atoms with E-state index in [-0.39, 0.29) is 5.54 Å². The molecule has 1 aromatic heterocycles. The molecule has 6 nitrogen and oxygen atoms in total. The minimum Gasteiger partial charge on any atom is -0.319 e. The molecule has 1 atom stereocenters. The summed E-state index contributed by atoms with van der Waals surface area (Å²) in [6.07, 6.45) is 5.02. The van der Waals surface area contributed by atoms with E-state index in [0.717, 1.165) is 29.7 Å². The quantitative estimate of drug-likeness (QED) is 0.865. The van der Waals surface area contributed by atoms with E-state index in [9.17, 15) is 9.59 Å². The highest BCUT2D eigenvalue weighted by molar-refractivity contribution is 7.04. The molecule has 2 N–H and O–H groups in total. The Bertz CT molecular complexity index is 704. The number of rotatable bonds is 4. The molecule has 0 saturated carbocycles. The fourth-order valence-electron chi connectivity index (χ4n) is 2.17. The van der Waals surface area contributed by atoms with Crippen LogP contribution in [0.1, 0.15) is 66.9 Å². The lowest BCUT2D eigenvalue weighted by atomic mass is 9.87. The Hall–Kier alpha value is -1.47. The van der Waals surface area contributed by atoms with Crippen LogP contribution in [0.4, 0.5) is 4.79 Å². The topological polar surface area (TPSA) is 80.7 Å². The molecule has 1 aromatic rings. The fourth-order valence-corrected chi connectivity index (χ4v) is 3.20. The van der Waals surface area contributed by atoms with Crippen molar-refractivity contribution in [2.45, 2.75) is 79.3 Å². The van der Waals surface area contributed by atoms with Crippen LogP contribution in [-0.2, 0) is 16.8 Å². The molecule has 0 radical (unpaired) electrons. The largest absolute Gasteiger partial charge is 0.351 e. The van der Waals surface area contributed by atoms with Gasteiger partial charge in [0.2, 0.25) is 5.91 Å². The molecule has 3 amide bonds. The van der Waals surface area contributed by atoms with Crippen molar-refractivity contribution in [3.05, 3.63) is 16.4 Å². The van der Waals surface area contributed by atoms with E-state index in [4.69, 9.17) is 5.73 Å². The molecule has 0 aliphatic carbocycles. The zero-order valence-electron chi connectivity index (χ0n) is 17.4. The van der Waals surface area contributed by atoms with Crippen LogP contribution in [0.25, 0.3) is 0 Å². The fraction of sp³-hybridized carbons (Fsp3) is 0.737. The second-order valence-electron chi connectivity index (χ2n) is 8.79. The summed E-state index contributed by atoms with van der Waals surface area (Å²) in [5.41, 5.74) is 6.53. The number of nitrogens with two attached hydrogens (primary N) is 1. The maximum Gasteiger partial charge on any atom is 0.351 e. The van der Waals surface area contributed by atoms with Crippen molar-refractivity contribution >= 4 is 23.5 Å². The van der Waals surface area contributed by atoms with Gasteiger partial charge in [0.1, 0.15) is 4.67 Å². The summed E-state index contributed by atoms with van der Waals surface area (Å²) in [7, 11) is 1.44. The average molecular weight is 383 g/mol. The number of aryl methyl sites for hydroxylation is 1. The van der Waals surface area contributed by atoms with E-state index in [1.165, 1.54) is 18.6 Å². The molecule has 0 unspecified atom stereocenters. The molecule has 1 rings (SSSR count). The highest BCUT2D eigenvalue weighted by atomic mass is 32.1. The summed E-state index contributed by atoms with van der Waals surface area (Å²) in [4.78, 5) is 30.3. The van der Waals surface area contributed by atoms with Gasteiger partial charge in [-0.25, -0.2) is 4.79 Å². The van der Waals surface area contributed by atoms with E-state index < -0.39 is 23.4 Å². The normalized spacial score (nSPS) is 14.4. The third kappa shape index (κ3) is 5.77. The van der Waals surface area contributed by atoms with Crippen LogP contribution in [0, 0.1) is 5.41 Å². The third-order valence-corrected chi connectivity index (χ3v) is 5.58. The minimum absolute atomic E-state index is 0.0846. The first kappa shape index (κ1) is 22.6. The lowest BCUT2D eigenvalue weighted by Gasteiger charge is -2.28. The number of amides is 3. The van der Waals surface area contributed by atoms with Crippen LogP contribution in [0.5, 0.6) is 0 Å². The second-order valence-corrected chi connectivity index (χ2v) is 9.75. The van der Waals surface area contributed by atoms with Crippen molar-refractivity contribution in [3.63, 3.8) is 0 Å². The van der Waals surface area contributed by atoms with Crippen molar-refractivity contribution in [2.75, 3.05) is 7.05 Å². The van der Waals surface area contributed by atoms with Crippen LogP contribution < -0.4 is 10.4 Å². The van der Waals surface area contributed by atoms with Crippen LogP contribution in [0.2, 0.25) is 0 Å². The molecule has 0 saturated heterocycles. The monoisotopic (exact) mass is 382 g/mol. The summed E-state index contributed by atoms with van der Waals surface area (Å²) in [5, 5.41) is 0. The molecule has 0 bridgehead atoms. The van der Waals surface area contributed by atoms with Gasteiger partial charge in [-0.05, 0) is 50.6 Å². The zero-order valence-corrected chi connectivity index (χ0v) is 18.2. The van der Waals surface area contributed by atoms with Crippen LogP contribution in [-0.4, -0.2) is 33.9 Å². The number of carbonyl (C=O) groups excluding carboxylic acids is 2. The first-order valence-electron chi connectivity index (χ1n) is 9.13. The van der Waals surface area contributed by atoms with E-state index in [2.05, 4.69) is 42.8 Å². The van der Waals surface area contributed by atoms with Crippen molar-refractivity contribution < 1.29 is 9.59 Å². The standard InChI is InChI=1S/C19H34N4O2S/c1-9-10-11-13-12-23(19(5,6)7)26-15(13)21-17(25)22(8)16(24)14(20)18(2,3)4/h12,14H,9-11,20H2,1-8H3/b21-15-/t14-/m1/s1. The summed E-state index contributed by atoms with van der Waals surface area (Å²) in [6, 6.07) is -1.33. The van der Waals surface area contributed by atoms with Crippen molar-refractivity contribution in [3.8, 4) is 0 Å². The highest BCUT2D eigenvalue weighted by Gasteiger charge is 2.32. The van der Waals surface area contributed by atoms with Gasteiger partial charge in [0, 0.05) is 24.3 Å². The number of aromatic nitrogens is 1. The summed E-state index contributed by atoms with van der Waals surface area (Å²) >= 11 is 1.45. The van der Waals surface area contributed by atoms with Gasteiger partial charge in [0.25, 0.3) is 0 Å². The van der Waals surface area contributed by atoms with Gasteiger partial charge >= 0.3 is 6.03 Å². The van der Waals surface area contributed by atoms with Crippen LogP contribution in [0.3, 0.4) is 0 Å². The first-order valence-corrected chi connectivity index (χ1v) is 9.90. The predicted molar refractivity (Wildman–Crippen MR) is 107 cm³/mol. The molecule has 0 fully saturated rings. The van der Waals surface area contributed by atoms with Gasteiger partial charge in [-0.15, -0.1) is 0 Å². The van der Waals surface area contributed by atoms with E-state index in [1.807, 2.05) is 20.8 Å². The molecular formula is C19H34N4O2S. The number of unbranched alkanes of at least 4 members (excludes halogenated alkanes) is 1. The maximum absolute atomic E-state index is 12.6. The van der Waals surface area contributed by atoms with E-state index >= 15 is 0 Å². The predicted octanol–water partition coefficient (Wildman–Crippen LogP) is 3.50. The molecule has 26 heavy (non-hydrogen) atoms. The Morgan fingerprint density at radius 3 is 2.31 bits per heavy atom. The maximum atomic E-state index is 12.6. The molecule has 0 aromatic carbocycles. The number of nitrogens with zero attached hydrogens (tertiary/aromatic N) is 3. The number of urea groups is 1. The van der Waals surface area contributed by atoms with Gasteiger partial charge in [-0.3, -0.25) is 13.7 Å². The second kappa shape index (κ2) is 8.48. The van der Waals surface area contributed by atoms with Gasteiger partial charge in [0.15, 0.2) is 0 Å². The Morgan fingerprint density at radius 1 is 1.27 bits per heavy atom. The molecule has 0 aliphatic heterocycles. The van der Waals surface area contributed by atoms with Gasteiger partial charge < -0.3 is 5.73 Å². The number of hydrogen-bond donors (Lipinski definition) is 1. The molecule has 148 valence electrons. The first-order chi connectivity index (χ1) is 11.8. The smallest absolute Gasteiger partial charge is 0.319 e. The Kier molecular flexibility index (Phi) is 7.36. The lowest BCUT2D eigenvalue weighted by molar-refractivity contribution is -0.130. The number of imide groups is 1. The van der Waals surface area contributed by atoms with Crippen molar-refractivity contribution in [1.82, 2.24) is 8.86 Å². The zero-order chi connectivity index (χ0) is 20.3. The van der Waals surface area contributed by atoms with Crippen LogP contribution >= 0.6 is 11.5 Å². The molecule has 0 aliphatic rings. The average Bonchev–Trinajstić information content (AvgIpc) is 2.92. The number of likely N-dealkylation sites (N-methyl/N-ethyl adjacent to an activating group) is 1. The van der Waals surface area contributed by atoms with Crippen molar-refractivity contribution in [1.29, 1.82) is 0 Å². The van der Waals surface area contributed by atoms with Crippen LogP contribution in [0.15, 0.2) is 11.2 Å². The number of carbonyl (C=O) groups is 2. The number of hydrogen-bond acceptors (Lipinski definition) is 4. The van der Waals surface area contributed by atoms with Gasteiger partial charge in [0.05, 0.1) is 6.04 Å². The van der Waals surface area contributed by atoms with Gasteiger partial charge in [-0.2, -0.15) is 4.99 Å². The molecule has 7 heteroatoms. The van der Waals surface area contributed by atoms with E-state index in [1.54, 1.807) is 0 Å². The summed E-state index contributed by atoms with van der Waals surface area (Å²) < 4.78 is 2.77. The SMILES string of the molecule is CCCCc1cn(C(C)(C)C)s/c1=N\C(=O)N(C)C(=O)[C@@H](N)C(C)(C)C. The lowest BCUT2D eigenvalue weighted by Crippen LogP contribution is -2.50. The third-order valence-electron chi connectivity index (χ3n) is 4.21.